The smallest absolute Gasteiger partial charge is 0.351 e. The number of nitrogens with zero attached hydrogens (tertiary/aromatic N) is 2. The third-order valence-corrected chi connectivity index (χ3v) is 5.00. The molecular weight excluding hydrogens is 386 g/mol. The molecule has 0 spiro atoms. The highest BCUT2D eigenvalue weighted by molar-refractivity contribution is 5.89. The van der Waals surface area contributed by atoms with Gasteiger partial charge in [-0.1, -0.05) is 49.6 Å². The summed E-state index contributed by atoms with van der Waals surface area (Å²) in [6.07, 6.45) is 6.86. The second-order valence-electron chi connectivity index (χ2n) is 7.34. The minimum atomic E-state index is -0.736. The van der Waals surface area contributed by atoms with Gasteiger partial charge in [0.1, 0.15) is 5.82 Å². The van der Waals surface area contributed by atoms with E-state index in [0.29, 0.717) is 6.42 Å². The van der Waals surface area contributed by atoms with Crippen molar-refractivity contribution in [1.82, 2.24) is 9.55 Å². The summed E-state index contributed by atoms with van der Waals surface area (Å²) in [5.41, 5.74) is 0.824. The fourth-order valence-corrected chi connectivity index (χ4v) is 3.38. The molecule has 0 bridgehead atoms. The molecule has 3 rings (SSSR count). The van der Waals surface area contributed by atoms with Crippen molar-refractivity contribution >= 4 is 11.7 Å². The van der Waals surface area contributed by atoms with Crippen LogP contribution in [0.3, 0.4) is 0 Å². The summed E-state index contributed by atoms with van der Waals surface area (Å²) in [5.74, 6) is 0.0754. The number of ether oxygens (including phenoxy) is 2. The van der Waals surface area contributed by atoms with E-state index in [1.807, 2.05) is 6.07 Å². The molecule has 8 nitrogen and oxygen atoms in total. The summed E-state index contributed by atoms with van der Waals surface area (Å²) in [6.45, 7) is -0.121. The Morgan fingerprint density at radius 1 is 1.13 bits per heavy atom. The van der Waals surface area contributed by atoms with Gasteiger partial charge in [-0.2, -0.15) is 4.98 Å². The van der Waals surface area contributed by atoms with Gasteiger partial charge in [-0.25, -0.2) is 4.79 Å². The van der Waals surface area contributed by atoms with Crippen molar-refractivity contribution < 1.29 is 19.4 Å². The van der Waals surface area contributed by atoms with Crippen LogP contribution in [0.1, 0.15) is 50.3 Å². The third kappa shape index (κ3) is 6.76. The molecule has 1 fully saturated rings. The van der Waals surface area contributed by atoms with Crippen LogP contribution in [-0.2, 0) is 20.7 Å². The van der Waals surface area contributed by atoms with Crippen molar-refractivity contribution in [2.75, 3.05) is 18.5 Å². The highest BCUT2D eigenvalue weighted by Gasteiger charge is 2.27. The number of anilines is 1. The maximum atomic E-state index is 12.2. The van der Waals surface area contributed by atoms with E-state index < -0.39 is 18.2 Å². The lowest BCUT2D eigenvalue weighted by molar-refractivity contribution is -0.116. The van der Waals surface area contributed by atoms with Gasteiger partial charge >= 0.3 is 5.69 Å². The number of unbranched alkanes of at least 4 members (excludes halogenated alkanes) is 4. The number of aliphatic hydroxyl groups is 1. The number of benzene rings is 1. The topological polar surface area (TPSA) is 103 Å². The maximum absolute atomic E-state index is 12.2. The lowest BCUT2D eigenvalue weighted by Gasteiger charge is -2.12. The van der Waals surface area contributed by atoms with Crippen LogP contribution in [0.2, 0.25) is 0 Å². The van der Waals surface area contributed by atoms with Crippen LogP contribution in [0.15, 0.2) is 47.4 Å². The van der Waals surface area contributed by atoms with Crippen molar-refractivity contribution in [3.8, 4) is 0 Å². The number of rotatable bonds is 11. The van der Waals surface area contributed by atoms with Gasteiger partial charge in [0.2, 0.25) is 5.91 Å². The average Bonchev–Trinajstić information content (AvgIpc) is 3.23. The molecular formula is C22H29N3O5. The monoisotopic (exact) mass is 415 g/mol. The molecule has 0 radical (unpaired) electrons. The van der Waals surface area contributed by atoms with Gasteiger partial charge in [0.05, 0.1) is 13.2 Å². The van der Waals surface area contributed by atoms with Crippen LogP contribution in [0, 0.1) is 0 Å². The molecule has 8 heteroatoms. The minimum Gasteiger partial charge on any atom is -0.391 e. The van der Waals surface area contributed by atoms with Crippen LogP contribution < -0.4 is 11.0 Å². The number of carbonyl (C=O) groups is 1. The second kappa shape index (κ2) is 11.6. The molecule has 0 unspecified atom stereocenters. The Bertz CT molecular complexity index is 855. The first-order chi connectivity index (χ1) is 14.7. The highest BCUT2D eigenvalue weighted by atomic mass is 16.7. The molecule has 2 heterocycles. The van der Waals surface area contributed by atoms with E-state index in [4.69, 9.17) is 14.6 Å². The van der Waals surface area contributed by atoms with Crippen molar-refractivity contribution in [1.29, 1.82) is 0 Å². The van der Waals surface area contributed by atoms with Gasteiger partial charge in [0, 0.05) is 12.6 Å². The second-order valence-corrected chi connectivity index (χ2v) is 7.34. The van der Waals surface area contributed by atoms with Gasteiger partial charge in [0.25, 0.3) is 0 Å². The number of nitrogens with one attached hydrogen (secondary N) is 1. The zero-order chi connectivity index (χ0) is 21.2. The van der Waals surface area contributed by atoms with E-state index in [1.165, 1.54) is 16.3 Å². The zero-order valence-electron chi connectivity index (χ0n) is 17.0. The summed E-state index contributed by atoms with van der Waals surface area (Å²) in [7, 11) is 0. The molecule has 1 aliphatic heterocycles. The highest BCUT2D eigenvalue weighted by Crippen LogP contribution is 2.19. The van der Waals surface area contributed by atoms with E-state index in [-0.39, 0.29) is 24.9 Å². The minimum absolute atomic E-state index is 0.148. The first kappa shape index (κ1) is 22.1. The number of carbonyl (C=O) groups excluding carboxylic acids is 1. The molecule has 1 saturated heterocycles. The Hall–Kier alpha value is -2.55. The number of aliphatic hydroxyl groups excluding tert-OH is 1. The SMILES string of the molecule is O=C(CCCCCCCc1ccccc1)Nc1ccn([C@@H]2CO[C@H](CO)O2)c(=O)n1. The molecule has 30 heavy (non-hydrogen) atoms. The Labute approximate surface area is 175 Å². The van der Waals surface area contributed by atoms with Crippen LogP contribution in [0.25, 0.3) is 0 Å². The standard InChI is InChI=1S/C22H29N3O5/c26-15-21-29-16-20(30-21)25-14-13-18(24-22(25)28)23-19(27)12-8-3-1-2-5-9-17-10-6-4-7-11-17/h4,6-7,10-11,13-14,20-21,26H,1-3,5,8-9,12,15-16H2,(H,23,24,27,28)/t20-,21-/m0/s1. The van der Waals surface area contributed by atoms with E-state index >= 15 is 0 Å². The van der Waals surface area contributed by atoms with Crippen LogP contribution in [0.4, 0.5) is 5.82 Å². The van der Waals surface area contributed by atoms with E-state index in [9.17, 15) is 9.59 Å². The molecule has 1 amide bonds. The quantitative estimate of drug-likeness (QED) is 0.547. The molecule has 0 saturated carbocycles. The Kier molecular flexibility index (Phi) is 8.55. The van der Waals surface area contributed by atoms with Crippen LogP contribution in [-0.4, -0.2) is 40.1 Å². The largest absolute Gasteiger partial charge is 0.391 e. The summed E-state index contributed by atoms with van der Waals surface area (Å²) in [4.78, 5) is 28.1. The summed E-state index contributed by atoms with van der Waals surface area (Å²) >= 11 is 0. The maximum Gasteiger partial charge on any atom is 0.351 e. The number of amides is 1. The van der Waals surface area contributed by atoms with Crippen LogP contribution in [0.5, 0.6) is 0 Å². The van der Waals surface area contributed by atoms with Gasteiger partial charge in [-0.3, -0.25) is 9.36 Å². The van der Waals surface area contributed by atoms with Crippen molar-refractivity contribution in [2.24, 2.45) is 0 Å². The number of hydrogen-bond donors (Lipinski definition) is 2. The van der Waals surface area contributed by atoms with Gasteiger partial charge < -0.3 is 19.9 Å². The third-order valence-electron chi connectivity index (χ3n) is 5.00. The number of aryl methyl sites for hydroxylation is 1. The fraction of sp³-hybridized carbons (Fsp3) is 0.500. The van der Waals surface area contributed by atoms with Gasteiger partial charge in [0.15, 0.2) is 12.5 Å². The lowest BCUT2D eigenvalue weighted by atomic mass is 10.0. The molecule has 1 aliphatic rings. The van der Waals surface area contributed by atoms with Gasteiger partial charge in [-0.15, -0.1) is 0 Å². The van der Waals surface area contributed by atoms with Crippen molar-refractivity contribution in [3.63, 3.8) is 0 Å². The molecule has 2 N–H and O–H groups in total. The summed E-state index contributed by atoms with van der Waals surface area (Å²) < 4.78 is 11.9. The van der Waals surface area contributed by atoms with E-state index in [0.717, 1.165) is 38.5 Å². The zero-order valence-corrected chi connectivity index (χ0v) is 17.0. The van der Waals surface area contributed by atoms with E-state index in [1.54, 1.807) is 6.07 Å². The normalized spacial score (nSPS) is 18.4. The fourth-order valence-electron chi connectivity index (χ4n) is 3.38. The van der Waals surface area contributed by atoms with Crippen LogP contribution >= 0.6 is 0 Å². The summed E-state index contributed by atoms with van der Waals surface area (Å²) in [5, 5.41) is 11.7. The predicted molar refractivity (Wildman–Crippen MR) is 112 cm³/mol. The molecule has 2 aromatic rings. The first-order valence-electron chi connectivity index (χ1n) is 10.5. The molecule has 2 atom stereocenters. The molecule has 0 aliphatic carbocycles. The average molecular weight is 415 g/mol. The summed E-state index contributed by atoms with van der Waals surface area (Å²) in [6, 6.07) is 12.0. The Morgan fingerprint density at radius 2 is 1.90 bits per heavy atom. The molecule has 162 valence electrons. The number of hydrogen-bond acceptors (Lipinski definition) is 6. The molecule has 1 aromatic heterocycles. The Morgan fingerprint density at radius 3 is 2.63 bits per heavy atom. The van der Waals surface area contributed by atoms with Crippen molar-refractivity contribution in [3.05, 3.63) is 58.6 Å². The first-order valence-corrected chi connectivity index (χ1v) is 10.5. The number of aromatic nitrogens is 2. The lowest BCUT2D eigenvalue weighted by Crippen LogP contribution is -2.29. The molecule has 1 aromatic carbocycles. The van der Waals surface area contributed by atoms with Gasteiger partial charge in [-0.05, 0) is 30.9 Å². The predicted octanol–water partition coefficient (Wildman–Crippen LogP) is 2.63. The van der Waals surface area contributed by atoms with Crippen molar-refractivity contribution in [2.45, 2.75) is 57.5 Å². The van der Waals surface area contributed by atoms with E-state index in [2.05, 4.69) is 34.6 Å². The Balaban J connectivity index is 1.32.